The number of amides is 1. The lowest BCUT2D eigenvalue weighted by Crippen LogP contribution is -2.24. The molecule has 0 spiro atoms. The van der Waals surface area contributed by atoms with Crippen molar-refractivity contribution in [2.24, 2.45) is 5.84 Å². The van der Waals surface area contributed by atoms with Crippen molar-refractivity contribution in [2.75, 3.05) is 5.43 Å². The first-order valence-corrected chi connectivity index (χ1v) is 5.01. The number of carbonyl (C=O) groups excluding carboxylic acids is 1. The van der Waals surface area contributed by atoms with E-state index in [4.69, 9.17) is 10.4 Å². The maximum atomic E-state index is 13.7. The zero-order chi connectivity index (χ0) is 13.0. The molecule has 0 saturated carbocycles. The van der Waals surface area contributed by atoms with Gasteiger partial charge in [0.15, 0.2) is 17.4 Å². The highest BCUT2D eigenvalue weighted by Crippen LogP contribution is 2.13. The normalized spacial score (nSPS) is 10.1. The number of hydrogen-bond acceptors (Lipinski definition) is 6. The number of hydrazine groups is 1. The van der Waals surface area contributed by atoms with Gasteiger partial charge in [-0.1, -0.05) is 5.16 Å². The first-order chi connectivity index (χ1) is 8.72. The largest absolute Gasteiger partial charge is 0.360 e. The highest BCUT2D eigenvalue weighted by Gasteiger charge is 2.15. The number of nitrogens with two attached hydrogens (primary N) is 1. The topological polar surface area (TPSA) is 106 Å². The van der Waals surface area contributed by atoms with E-state index in [0.29, 0.717) is 5.76 Å². The molecule has 0 saturated heterocycles. The van der Waals surface area contributed by atoms with Crippen molar-refractivity contribution >= 4 is 11.7 Å². The highest BCUT2D eigenvalue weighted by molar-refractivity contribution is 5.95. The second kappa shape index (κ2) is 5.23. The predicted molar refractivity (Wildman–Crippen MR) is 59.7 cm³/mol. The van der Waals surface area contributed by atoms with E-state index < -0.39 is 11.7 Å². The lowest BCUT2D eigenvalue weighted by molar-refractivity contribution is 0.0943. The number of nitrogen functional groups attached to an aromatic ring is 1. The second-order valence-electron chi connectivity index (χ2n) is 3.33. The minimum absolute atomic E-state index is 0.117. The number of nitrogens with one attached hydrogen (secondary N) is 2. The number of halogens is 1. The molecule has 0 aromatic carbocycles. The van der Waals surface area contributed by atoms with Crippen LogP contribution >= 0.6 is 0 Å². The van der Waals surface area contributed by atoms with Gasteiger partial charge in [0.2, 0.25) is 0 Å². The van der Waals surface area contributed by atoms with Gasteiger partial charge in [0, 0.05) is 12.3 Å². The average molecular weight is 251 g/mol. The number of rotatable bonds is 4. The van der Waals surface area contributed by atoms with Gasteiger partial charge in [-0.3, -0.25) is 4.79 Å². The Hall–Kier alpha value is -2.48. The molecule has 0 aliphatic carbocycles. The molecule has 0 bridgehead atoms. The van der Waals surface area contributed by atoms with Crippen molar-refractivity contribution in [3.8, 4) is 0 Å². The highest BCUT2D eigenvalue weighted by atomic mass is 19.1. The Labute approximate surface area is 101 Å². The maximum absolute atomic E-state index is 13.7. The summed E-state index contributed by atoms with van der Waals surface area (Å²) in [6.45, 7) is 0.117. The van der Waals surface area contributed by atoms with Crippen LogP contribution in [0.5, 0.6) is 0 Å². The van der Waals surface area contributed by atoms with Crippen LogP contribution in [-0.2, 0) is 6.54 Å². The van der Waals surface area contributed by atoms with E-state index in [9.17, 15) is 9.18 Å². The molecule has 0 atom stereocenters. The molecular formula is C10H10FN5O2. The third-order valence-corrected chi connectivity index (χ3v) is 2.18. The Morgan fingerprint density at radius 2 is 2.28 bits per heavy atom. The fraction of sp³-hybridized carbons (Fsp3) is 0.100. The number of aromatic nitrogens is 2. The molecule has 2 heterocycles. The number of hydrogen-bond donors (Lipinski definition) is 3. The lowest BCUT2D eigenvalue weighted by atomic mass is 10.2. The van der Waals surface area contributed by atoms with Crippen LogP contribution in [0.25, 0.3) is 0 Å². The van der Waals surface area contributed by atoms with Crippen LogP contribution in [0.1, 0.15) is 16.1 Å². The van der Waals surface area contributed by atoms with Gasteiger partial charge in [-0.2, -0.15) is 0 Å². The van der Waals surface area contributed by atoms with Gasteiger partial charge in [0.05, 0.1) is 18.3 Å². The van der Waals surface area contributed by atoms with E-state index in [1.54, 1.807) is 6.07 Å². The number of carbonyl (C=O) groups is 1. The fourth-order valence-corrected chi connectivity index (χ4v) is 1.32. The van der Waals surface area contributed by atoms with Crippen LogP contribution in [0.15, 0.2) is 29.0 Å². The molecule has 0 aliphatic heterocycles. The summed E-state index contributed by atoms with van der Waals surface area (Å²) in [6, 6.07) is 2.85. The minimum atomic E-state index is -0.810. The van der Waals surface area contributed by atoms with E-state index in [1.807, 2.05) is 0 Å². The van der Waals surface area contributed by atoms with Crippen molar-refractivity contribution in [1.82, 2.24) is 15.5 Å². The molecule has 4 N–H and O–H groups in total. The van der Waals surface area contributed by atoms with Gasteiger partial charge in [-0.15, -0.1) is 0 Å². The number of pyridine rings is 1. The molecular weight excluding hydrogens is 241 g/mol. The fourth-order valence-electron chi connectivity index (χ4n) is 1.32. The molecule has 0 aliphatic rings. The molecule has 2 aromatic rings. The molecule has 0 fully saturated rings. The molecule has 0 radical (unpaired) electrons. The van der Waals surface area contributed by atoms with Crippen LogP contribution in [0.3, 0.4) is 0 Å². The summed E-state index contributed by atoms with van der Waals surface area (Å²) in [5.74, 6) is 3.93. The van der Waals surface area contributed by atoms with Gasteiger partial charge in [0.1, 0.15) is 0 Å². The zero-order valence-corrected chi connectivity index (χ0v) is 9.18. The van der Waals surface area contributed by atoms with Gasteiger partial charge in [-0.25, -0.2) is 15.2 Å². The monoisotopic (exact) mass is 251 g/mol. The Morgan fingerprint density at radius 3 is 2.94 bits per heavy atom. The van der Waals surface area contributed by atoms with Crippen molar-refractivity contribution in [3.05, 3.63) is 41.7 Å². The summed E-state index contributed by atoms with van der Waals surface area (Å²) >= 11 is 0. The van der Waals surface area contributed by atoms with E-state index in [-0.39, 0.29) is 17.9 Å². The Morgan fingerprint density at radius 1 is 1.44 bits per heavy atom. The standard InChI is InChI=1S/C10H10FN5O2/c11-8-7(2-3-13-9(8)16-12)10(17)14-5-6-1-4-15-18-6/h1-4H,5,12H2,(H,13,16)(H,14,17). The number of nitrogens with zero attached hydrogens (tertiary/aromatic N) is 2. The summed E-state index contributed by atoms with van der Waals surface area (Å²) < 4.78 is 18.5. The minimum Gasteiger partial charge on any atom is -0.360 e. The average Bonchev–Trinajstić information content (AvgIpc) is 2.89. The third-order valence-electron chi connectivity index (χ3n) is 2.18. The zero-order valence-electron chi connectivity index (χ0n) is 9.18. The maximum Gasteiger partial charge on any atom is 0.254 e. The van der Waals surface area contributed by atoms with E-state index in [0.717, 1.165) is 0 Å². The van der Waals surface area contributed by atoms with Crippen molar-refractivity contribution in [1.29, 1.82) is 0 Å². The van der Waals surface area contributed by atoms with E-state index in [2.05, 4.69) is 20.9 Å². The molecule has 1 amide bonds. The van der Waals surface area contributed by atoms with Crippen LogP contribution in [-0.4, -0.2) is 16.0 Å². The Bertz CT molecular complexity index is 543. The Kier molecular flexibility index (Phi) is 3.49. The van der Waals surface area contributed by atoms with E-state index in [1.165, 1.54) is 18.5 Å². The lowest BCUT2D eigenvalue weighted by Gasteiger charge is -2.06. The molecule has 2 aromatic heterocycles. The summed E-state index contributed by atoms with van der Waals surface area (Å²) in [5.41, 5.74) is 1.91. The predicted octanol–water partition coefficient (Wildman–Crippen LogP) is 0.424. The van der Waals surface area contributed by atoms with Gasteiger partial charge < -0.3 is 15.3 Å². The summed E-state index contributed by atoms with van der Waals surface area (Å²) in [5, 5.41) is 5.97. The molecule has 8 heteroatoms. The molecule has 2 rings (SSSR count). The van der Waals surface area contributed by atoms with E-state index >= 15 is 0 Å². The molecule has 7 nitrogen and oxygen atoms in total. The molecule has 0 unspecified atom stereocenters. The van der Waals surface area contributed by atoms with Crippen molar-refractivity contribution < 1.29 is 13.7 Å². The van der Waals surface area contributed by atoms with Gasteiger partial charge in [0.25, 0.3) is 5.91 Å². The number of anilines is 1. The van der Waals surface area contributed by atoms with Crippen LogP contribution in [0, 0.1) is 5.82 Å². The quantitative estimate of drug-likeness (QED) is 0.537. The summed E-state index contributed by atoms with van der Waals surface area (Å²) in [7, 11) is 0. The summed E-state index contributed by atoms with van der Waals surface area (Å²) in [4.78, 5) is 15.3. The van der Waals surface area contributed by atoms with Crippen LogP contribution < -0.4 is 16.6 Å². The first-order valence-electron chi connectivity index (χ1n) is 5.01. The van der Waals surface area contributed by atoms with Gasteiger partial charge >= 0.3 is 0 Å². The molecule has 18 heavy (non-hydrogen) atoms. The van der Waals surface area contributed by atoms with Crippen LogP contribution in [0.4, 0.5) is 10.2 Å². The smallest absolute Gasteiger partial charge is 0.254 e. The molecule has 94 valence electrons. The summed E-state index contributed by atoms with van der Waals surface area (Å²) in [6.07, 6.45) is 2.73. The van der Waals surface area contributed by atoms with Crippen molar-refractivity contribution in [3.63, 3.8) is 0 Å². The second-order valence-corrected chi connectivity index (χ2v) is 3.33. The van der Waals surface area contributed by atoms with Crippen LogP contribution in [0.2, 0.25) is 0 Å². The van der Waals surface area contributed by atoms with Gasteiger partial charge in [-0.05, 0) is 6.07 Å². The third kappa shape index (κ3) is 2.43. The first kappa shape index (κ1) is 12.0. The van der Waals surface area contributed by atoms with Crippen molar-refractivity contribution in [2.45, 2.75) is 6.54 Å². The Balaban J connectivity index is 2.09. The SMILES string of the molecule is NNc1nccc(C(=O)NCc2ccno2)c1F.